The molecule has 2 heteroatoms. The lowest BCUT2D eigenvalue weighted by Crippen LogP contribution is -2.17. The summed E-state index contributed by atoms with van der Waals surface area (Å²) in [6.45, 7) is 1.59. The molecule has 0 bridgehead atoms. The van der Waals surface area contributed by atoms with Crippen molar-refractivity contribution in [3.63, 3.8) is 0 Å². The molecule has 1 radical (unpaired) electrons. The third-order valence-electron chi connectivity index (χ3n) is 2.43. The fraction of sp³-hybridized carbons (Fsp3) is 0.154. The average molecular weight is 198 g/mol. The molecule has 0 heterocycles. The summed E-state index contributed by atoms with van der Waals surface area (Å²) in [4.78, 5) is 11.6. The molecule has 0 aliphatic heterocycles. The molecule has 0 saturated heterocycles. The zero-order chi connectivity index (χ0) is 10.8. The minimum absolute atomic E-state index is 0.124. The van der Waals surface area contributed by atoms with Gasteiger partial charge in [-0.05, 0) is 23.8 Å². The van der Waals surface area contributed by atoms with Crippen LogP contribution in [0.3, 0.4) is 0 Å². The minimum Gasteiger partial charge on any atom is -0.292 e. The van der Waals surface area contributed by atoms with Crippen LogP contribution in [0.15, 0.2) is 42.5 Å². The van der Waals surface area contributed by atoms with Gasteiger partial charge in [-0.2, -0.15) is 0 Å². The number of carbonyl (C=O) groups excluding carboxylic acids is 1. The van der Waals surface area contributed by atoms with E-state index >= 15 is 0 Å². The van der Waals surface area contributed by atoms with E-state index in [4.69, 9.17) is 5.73 Å². The number of carbonyl (C=O) groups is 1. The second kappa shape index (κ2) is 3.83. The van der Waals surface area contributed by atoms with Crippen LogP contribution < -0.4 is 5.73 Å². The fourth-order valence-corrected chi connectivity index (χ4v) is 1.59. The normalized spacial score (nSPS) is 12.7. The number of fused-ring (bicyclic) bond motifs is 1. The van der Waals surface area contributed by atoms with Gasteiger partial charge in [-0.25, -0.2) is 5.73 Å². The Balaban J connectivity index is 2.52. The van der Waals surface area contributed by atoms with E-state index in [9.17, 15) is 4.79 Å². The molecule has 1 unspecified atom stereocenters. The molecular weight excluding hydrogens is 186 g/mol. The summed E-state index contributed by atoms with van der Waals surface area (Å²) in [5, 5.41) is 2.16. The van der Waals surface area contributed by atoms with Gasteiger partial charge in [0.15, 0.2) is 5.78 Å². The number of hydrogen-bond donors (Lipinski definition) is 0. The molecule has 0 saturated carbocycles. The van der Waals surface area contributed by atoms with Crippen LogP contribution in [0.5, 0.6) is 0 Å². The van der Waals surface area contributed by atoms with Crippen LogP contribution >= 0.6 is 0 Å². The van der Waals surface area contributed by atoms with Gasteiger partial charge in [0.2, 0.25) is 0 Å². The Morgan fingerprint density at radius 3 is 2.47 bits per heavy atom. The van der Waals surface area contributed by atoms with Crippen molar-refractivity contribution in [2.45, 2.75) is 13.0 Å². The van der Waals surface area contributed by atoms with Crippen molar-refractivity contribution in [1.29, 1.82) is 0 Å². The molecule has 0 aliphatic carbocycles. The maximum atomic E-state index is 11.6. The Kier molecular flexibility index (Phi) is 2.52. The van der Waals surface area contributed by atoms with E-state index in [1.807, 2.05) is 36.4 Å². The molecular formula is C13H12NO. The monoisotopic (exact) mass is 198 g/mol. The third kappa shape index (κ3) is 1.90. The first-order valence-electron chi connectivity index (χ1n) is 4.92. The highest BCUT2D eigenvalue weighted by atomic mass is 16.1. The van der Waals surface area contributed by atoms with Gasteiger partial charge < -0.3 is 0 Å². The summed E-state index contributed by atoms with van der Waals surface area (Å²) >= 11 is 0. The molecule has 2 aromatic carbocycles. The van der Waals surface area contributed by atoms with Crippen molar-refractivity contribution < 1.29 is 4.79 Å². The Morgan fingerprint density at radius 2 is 1.80 bits per heavy atom. The molecule has 1 atom stereocenters. The smallest absolute Gasteiger partial charge is 0.180 e. The van der Waals surface area contributed by atoms with Gasteiger partial charge in [0.25, 0.3) is 0 Å². The Labute approximate surface area is 88.7 Å². The lowest BCUT2D eigenvalue weighted by atomic mass is 10.0. The van der Waals surface area contributed by atoms with Crippen molar-refractivity contribution in [1.82, 2.24) is 5.73 Å². The van der Waals surface area contributed by atoms with Crippen molar-refractivity contribution in [2.75, 3.05) is 0 Å². The van der Waals surface area contributed by atoms with Crippen LogP contribution in [0.4, 0.5) is 0 Å². The van der Waals surface area contributed by atoms with E-state index < -0.39 is 6.04 Å². The van der Waals surface area contributed by atoms with E-state index in [-0.39, 0.29) is 5.78 Å². The predicted molar refractivity (Wildman–Crippen MR) is 60.8 cm³/mol. The molecule has 0 amide bonds. The summed E-state index contributed by atoms with van der Waals surface area (Å²) in [7, 11) is 0. The number of Topliss-reactive ketones (excluding diaryl/α,β-unsaturated/α-hetero) is 1. The molecule has 75 valence electrons. The van der Waals surface area contributed by atoms with Gasteiger partial charge in [0, 0.05) is 5.56 Å². The Bertz CT molecular complexity index is 503. The van der Waals surface area contributed by atoms with E-state index in [0.717, 1.165) is 10.8 Å². The largest absolute Gasteiger partial charge is 0.292 e. The van der Waals surface area contributed by atoms with Gasteiger partial charge in [-0.15, -0.1) is 0 Å². The van der Waals surface area contributed by atoms with E-state index in [0.29, 0.717) is 5.56 Å². The van der Waals surface area contributed by atoms with Crippen LogP contribution in [0.1, 0.15) is 17.3 Å². The number of nitrogens with one attached hydrogen (secondary N) is 1. The van der Waals surface area contributed by atoms with Gasteiger partial charge in [0.1, 0.15) is 0 Å². The van der Waals surface area contributed by atoms with Crippen LogP contribution in [-0.4, -0.2) is 11.8 Å². The topological polar surface area (TPSA) is 40.9 Å². The zero-order valence-corrected chi connectivity index (χ0v) is 8.53. The lowest BCUT2D eigenvalue weighted by molar-refractivity contribution is 0.0965. The second-order valence-corrected chi connectivity index (χ2v) is 3.65. The van der Waals surface area contributed by atoms with Crippen LogP contribution in [0.2, 0.25) is 0 Å². The maximum Gasteiger partial charge on any atom is 0.180 e. The highest BCUT2D eigenvalue weighted by Crippen LogP contribution is 2.16. The summed E-state index contributed by atoms with van der Waals surface area (Å²) < 4.78 is 0. The third-order valence-corrected chi connectivity index (χ3v) is 2.43. The van der Waals surface area contributed by atoms with E-state index in [2.05, 4.69) is 0 Å². The van der Waals surface area contributed by atoms with Gasteiger partial charge in [-0.1, -0.05) is 36.4 Å². The van der Waals surface area contributed by atoms with Crippen LogP contribution in [0, 0.1) is 0 Å². The molecule has 0 spiro atoms. The number of rotatable bonds is 2. The fourth-order valence-electron chi connectivity index (χ4n) is 1.59. The lowest BCUT2D eigenvalue weighted by Gasteiger charge is -2.04. The summed E-state index contributed by atoms with van der Waals surface area (Å²) in [6.07, 6.45) is 0. The van der Waals surface area contributed by atoms with E-state index in [1.165, 1.54) is 0 Å². The maximum absolute atomic E-state index is 11.6. The number of hydrogen-bond acceptors (Lipinski definition) is 1. The standard InChI is InChI=1S/C13H12NO/c1-9(14)13(15)12-7-6-10-4-2-3-5-11(10)8-12/h2-9,14H,1H3. The van der Waals surface area contributed by atoms with Crippen LogP contribution in [0.25, 0.3) is 10.8 Å². The molecule has 2 aromatic rings. The van der Waals surface area contributed by atoms with Crippen molar-refractivity contribution >= 4 is 16.6 Å². The number of benzene rings is 2. The molecule has 1 N–H and O–H groups in total. The second-order valence-electron chi connectivity index (χ2n) is 3.65. The highest BCUT2D eigenvalue weighted by molar-refractivity contribution is 6.02. The Morgan fingerprint density at radius 1 is 1.13 bits per heavy atom. The zero-order valence-electron chi connectivity index (χ0n) is 8.53. The summed E-state index contributed by atoms with van der Waals surface area (Å²) in [5.74, 6) is -0.124. The van der Waals surface area contributed by atoms with Gasteiger partial charge in [0.05, 0.1) is 6.04 Å². The molecule has 2 rings (SSSR count). The SMILES string of the molecule is CC([NH])C(=O)c1ccc2ccccc2c1. The van der Waals surface area contributed by atoms with Gasteiger partial charge >= 0.3 is 0 Å². The van der Waals surface area contributed by atoms with Crippen molar-refractivity contribution in [2.24, 2.45) is 0 Å². The highest BCUT2D eigenvalue weighted by Gasteiger charge is 2.11. The van der Waals surface area contributed by atoms with Crippen molar-refractivity contribution in [3.05, 3.63) is 48.0 Å². The molecule has 0 aliphatic rings. The first kappa shape index (κ1) is 9.87. The summed E-state index contributed by atoms with van der Waals surface area (Å²) in [6, 6.07) is 12.8. The van der Waals surface area contributed by atoms with E-state index in [1.54, 1.807) is 13.0 Å². The molecule has 2 nitrogen and oxygen atoms in total. The molecule has 0 aromatic heterocycles. The first-order valence-corrected chi connectivity index (χ1v) is 4.92. The molecule has 15 heavy (non-hydrogen) atoms. The minimum atomic E-state index is -0.689. The predicted octanol–water partition coefficient (Wildman–Crippen LogP) is 2.69. The molecule has 0 fully saturated rings. The first-order chi connectivity index (χ1) is 7.18. The number of ketones is 1. The Hall–Kier alpha value is -1.67. The van der Waals surface area contributed by atoms with Gasteiger partial charge in [-0.3, -0.25) is 4.79 Å². The van der Waals surface area contributed by atoms with Crippen LogP contribution in [-0.2, 0) is 0 Å². The summed E-state index contributed by atoms with van der Waals surface area (Å²) in [5.41, 5.74) is 8.00. The van der Waals surface area contributed by atoms with Crippen molar-refractivity contribution in [3.8, 4) is 0 Å². The average Bonchev–Trinajstić information content (AvgIpc) is 2.27. The quantitative estimate of drug-likeness (QED) is 0.684.